The third kappa shape index (κ3) is 5.02. The van der Waals surface area contributed by atoms with E-state index in [9.17, 15) is 10.5 Å². The monoisotopic (exact) mass is 895 g/mol. The number of para-hydroxylation sites is 3. The molecule has 3 aliphatic rings. The molecule has 0 unspecified atom stereocenters. The second-order valence-corrected chi connectivity index (χ2v) is 18.0. The first-order valence-electron chi connectivity index (χ1n) is 23.1. The van der Waals surface area contributed by atoms with Crippen molar-refractivity contribution in [1.82, 2.24) is 19.1 Å². The van der Waals surface area contributed by atoms with Gasteiger partial charge in [0.15, 0.2) is 11.5 Å². The van der Waals surface area contributed by atoms with Crippen LogP contribution < -0.4 is 14.4 Å². The minimum atomic E-state index is -0.767. The van der Waals surface area contributed by atoms with Crippen molar-refractivity contribution in [1.29, 1.82) is 10.5 Å². The van der Waals surface area contributed by atoms with Gasteiger partial charge in [0, 0.05) is 86.4 Å². The molecule has 4 aromatic heterocycles. The van der Waals surface area contributed by atoms with Crippen LogP contribution >= 0.6 is 0 Å². The summed E-state index contributed by atoms with van der Waals surface area (Å²) in [6.45, 7) is 0. The van der Waals surface area contributed by atoms with Crippen LogP contribution in [0.5, 0.6) is 23.0 Å². The van der Waals surface area contributed by atoms with Crippen LogP contribution in [0.1, 0.15) is 33.4 Å². The number of anilines is 3. The number of pyridine rings is 2. The lowest BCUT2D eigenvalue weighted by molar-refractivity contribution is 0.436. The van der Waals surface area contributed by atoms with E-state index in [0.717, 1.165) is 106 Å². The molecule has 0 radical (unpaired) electrons. The highest BCUT2D eigenvalue weighted by atomic mass is 16.5. The Balaban J connectivity index is 0.941. The Morgan fingerprint density at radius 1 is 0.386 bits per heavy atom. The number of hydrogen-bond acceptors (Lipinski definition) is 7. The number of benzene rings is 8. The van der Waals surface area contributed by atoms with Crippen molar-refractivity contribution < 1.29 is 9.47 Å². The average molecular weight is 896 g/mol. The van der Waals surface area contributed by atoms with E-state index in [0.29, 0.717) is 22.6 Å². The van der Waals surface area contributed by atoms with Gasteiger partial charge in [-0.2, -0.15) is 10.5 Å². The average Bonchev–Trinajstić information content (AvgIpc) is 4.04. The molecular formula is C61H33N7O2. The van der Waals surface area contributed by atoms with Crippen LogP contribution in [0, 0.1) is 22.7 Å². The molecule has 15 rings (SSSR count). The molecule has 70 heavy (non-hydrogen) atoms. The zero-order valence-corrected chi connectivity index (χ0v) is 37.0. The van der Waals surface area contributed by atoms with E-state index in [2.05, 4.69) is 166 Å². The number of fused-ring (bicyclic) bond motifs is 17. The Hall–Kier alpha value is -9.96. The van der Waals surface area contributed by atoms with Gasteiger partial charge in [-0.1, -0.05) is 78.9 Å². The fraction of sp³-hybridized carbons (Fsp3) is 0.0164. The van der Waals surface area contributed by atoms with Crippen molar-refractivity contribution in [3.8, 4) is 57.9 Å². The van der Waals surface area contributed by atoms with Gasteiger partial charge in [-0.15, -0.1) is 0 Å². The van der Waals surface area contributed by atoms with Crippen LogP contribution in [0.25, 0.3) is 66.4 Å². The zero-order chi connectivity index (χ0) is 46.2. The zero-order valence-electron chi connectivity index (χ0n) is 37.0. The predicted octanol–water partition coefficient (Wildman–Crippen LogP) is 14.5. The molecule has 9 heteroatoms. The van der Waals surface area contributed by atoms with Crippen LogP contribution in [-0.2, 0) is 5.41 Å². The molecule has 324 valence electrons. The molecule has 1 spiro atoms. The summed E-state index contributed by atoms with van der Waals surface area (Å²) in [6.07, 6.45) is 3.70. The van der Waals surface area contributed by atoms with Gasteiger partial charge in [0.25, 0.3) is 0 Å². The lowest BCUT2D eigenvalue weighted by atomic mass is 9.66. The van der Waals surface area contributed by atoms with Crippen molar-refractivity contribution in [3.05, 3.63) is 234 Å². The summed E-state index contributed by atoms with van der Waals surface area (Å²) in [7, 11) is 0. The van der Waals surface area contributed by atoms with Gasteiger partial charge in [-0.05, 0) is 96.1 Å². The van der Waals surface area contributed by atoms with Crippen molar-refractivity contribution in [2.45, 2.75) is 5.41 Å². The fourth-order valence-electron chi connectivity index (χ4n) is 11.7. The van der Waals surface area contributed by atoms with Crippen molar-refractivity contribution in [2.75, 3.05) is 4.90 Å². The fourth-order valence-corrected chi connectivity index (χ4v) is 11.7. The number of ether oxygens (including phenoxy) is 2. The molecule has 0 saturated carbocycles. The Morgan fingerprint density at radius 2 is 0.843 bits per heavy atom. The molecule has 0 bridgehead atoms. The maximum Gasteiger partial charge on any atom is 0.152 e. The standard InChI is InChI=1S/C61H33N7O2/c62-34-36-17-24-53-57(29-36)70-58-30-37(35-63)18-25-54(58)68(53)38-21-26-52-44(31-38)43-11-3-6-16-51(43)67(52)40-20-23-46-56(33-40)69-55-32-39(66-49-14-4-1-9-41(49)42-10-2-5-15-50(42)66)19-22-45(55)61(46)47-12-7-27-64-59(47)60-48(61)13-8-28-65-60/h1-33H. The number of rotatable bonds is 3. The molecule has 6 heterocycles. The first-order valence-corrected chi connectivity index (χ1v) is 23.1. The van der Waals surface area contributed by atoms with Crippen molar-refractivity contribution in [2.24, 2.45) is 0 Å². The molecule has 8 aromatic carbocycles. The normalized spacial score (nSPS) is 13.4. The molecule has 9 nitrogen and oxygen atoms in total. The first kappa shape index (κ1) is 38.2. The highest BCUT2D eigenvalue weighted by Crippen LogP contribution is 2.62. The number of nitrogens with zero attached hydrogens (tertiary/aromatic N) is 7. The van der Waals surface area contributed by atoms with E-state index in [1.165, 1.54) is 10.8 Å². The van der Waals surface area contributed by atoms with Crippen molar-refractivity contribution in [3.63, 3.8) is 0 Å². The summed E-state index contributed by atoms with van der Waals surface area (Å²) in [5.41, 5.74) is 14.9. The molecule has 0 amide bonds. The Labute approximate surface area is 400 Å². The van der Waals surface area contributed by atoms with Gasteiger partial charge in [-0.25, -0.2) is 0 Å². The molecule has 0 saturated heterocycles. The molecule has 1 aliphatic carbocycles. The molecule has 0 N–H and O–H groups in total. The van der Waals surface area contributed by atoms with Crippen LogP contribution in [0.3, 0.4) is 0 Å². The second kappa shape index (κ2) is 14.0. The summed E-state index contributed by atoms with van der Waals surface area (Å²) in [6, 6.07) is 69.3. The molecule has 12 aromatic rings. The van der Waals surface area contributed by atoms with Gasteiger partial charge in [0.1, 0.15) is 11.5 Å². The maximum atomic E-state index is 9.79. The molecule has 2 aliphatic heterocycles. The number of aromatic nitrogens is 4. The van der Waals surface area contributed by atoms with Gasteiger partial charge in [0.05, 0.1) is 73.5 Å². The summed E-state index contributed by atoms with van der Waals surface area (Å²) < 4.78 is 18.3. The van der Waals surface area contributed by atoms with Crippen LogP contribution in [-0.4, -0.2) is 19.1 Å². The smallest absolute Gasteiger partial charge is 0.152 e. The van der Waals surface area contributed by atoms with E-state index in [1.54, 1.807) is 24.3 Å². The van der Waals surface area contributed by atoms with Crippen molar-refractivity contribution >= 4 is 60.7 Å². The SMILES string of the molecule is N#Cc1ccc2c(c1)Oc1cc(C#N)ccc1N2c1ccc2c(c1)c1ccccc1n2-c1ccc2c(c1)Oc1cc(-n3c4ccccc4c4ccccc43)ccc1C21c2cccnc2-c2ncccc21. The van der Waals surface area contributed by atoms with Crippen LogP contribution in [0.15, 0.2) is 200 Å². The molecular weight excluding hydrogens is 863 g/mol. The lowest BCUT2D eigenvalue weighted by Gasteiger charge is -2.39. The first-order chi connectivity index (χ1) is 34.6. The third-order valence-electron chi connectivity index (χ3n) is 14.5. The minimum Gasteiger partial charge on any atom is -0.457 e. The predicted molar refractivity (Wildman–Crippen MR) is 272 cm³/mol. The molecule has 0 fully saturated rings. The van der Waals surface area contributed by atoms with Gasteiger partial charge in [-0.3, -0.25) is 9.97 Å². The van der Waals surface area contributed by atoms with E-state index in [1.807, 2.05) is 36.7 Å². The summed E-state index contributed by atoms with van der Waals surface area (Å²) in [4.78, 5) is 12.1. The Bertz CT molecular complexity index is 4220. The van der Waals surface area contributed by atoms with E-state index in [4.69, 9.17) is 19.4 Å². The summed E-state index contributed by atoms with van der Waals surface area (Å²) in [5.74, 6) is 2.59. The third-order valence-corrected chi connectivity index (χ3v) is 14.5. The summed E-state index contributed by atoms with van der Waals surface area (Å²) >= 11 is 0. The van der Waals surface area contributed by atoms with Crippen LogP contribution in [0.2, 0.25) is 0 Å². The Morgan fingerprint density at radius 3 is 1.36 bits per heavy atom. The maximum absolute atomic E-state index is 9.79. The largest absolute Gasteiger partial charge is 0.457 e. The topological polar surface area (TPSA) is 105 Å². The van der Waals surface area contributed by atoms with E-state index < -0.39 is 5.41 Å². The van der Waals surface area contributed by atoms with Gasteiger partial charge in [0.2, 0.25) is 0 Å². The lowest BCUT2D eigenvalue weighted by Crippen LogP contribution is -2.32. The second-order valence-electron chi connectivity index (χ2n) is 18.0. The quantitative estimate of drug-likeness (QED) is 0.174. The van der Waals surface area contributed by atoms with Gasteiger partial charge >= 0.3 is 0 Å². The summed E-state index contributed by atoms with van der Waals surface area (Å²) in [5, 5.41) is 24.1. The number of nitriles is 2. The van der Waals surface area contributed by atoms with Crippen LogP contribution in [0.4, 0.5) is 17.1 Å². The highest BCUT2D eigenvalue weighted by Gasteiger charge is 2.52. The number of hydrogen-bond donors (Lipinski definition) is 0. The Kier molecular flexibility index (Phi) is 7.65. The highest BCUT2D eigenvalue weighted by molar-refractivity contribution is 6.11. The minimum absolute atomic E-state index is 0.485. The molecule has 0 atom stereocenters. The van der Waals surface area contributed by atoms with Gasteiger partial charge < -0.3 is 23.5 Å². The van der Waals surface area contributed by atoms with E-state index in [-0.39, 0.29) is 0 Å². The van der Waals surface area contributed by atoms with E-state index >= 15 is 0 Å².